The summed E-state index contributed by atoms with van der Waals surface area (Å²) in [6.45, 7) is 0.588. The molecule has 88 valence electrons. The fraction of sp³-hybridized carbons (Fsp3) is 0.400. The maximum Gasteiger partial charge on any atom is 0.337 e. The van der Waals surface area contributed by atoms with Crippen molar-refractivity contribution in [1.29, 1.82) is 0 Å². The van der Waals surface area contributed by atoms with Crippen molar-refractivity contribution >= 4 is 11.8 Å². The molecule has 0 aliphatic rings. The van der Waals surface area contributed by atoms with E-state index in [0.29, 0.717) is 18.9 Å². The van der Waals surface area contributed by atoms with E-state index < -0.39 is 5.97 Å². The normalized spacial score (nSPS) is 10.1. The summed E-state index contributed by atoms with van der Waals surface area (Å²) >= 11 is 0. The smallest absolute Gasteiger partial charge is 0.337 e. The Labute approximate surface area is 92.8 Å². The molecule has 6 nitrogen and oxygen atoms in total. The molecule has 6 heteroatoms. The van der Waals surface area contributed by atoms with Crippen molar-refractivity contribution in [2.45, 2.75) is 0 Å². The molecule has 0 aromatic carbocycles. The molecule has 3 N–H and O–H groups in total. The molecule has 0 radical (unpaired) electrons. The number of nitrogens with zero attached hydrogens (tertiary/aromatic N) is 2. The monoisotopic (exact) mass is 226 g/mol. The molecule has 1 aromatic heterocycles. The summed E-state index contributed by atoms with van der Waals surface area (Å²) in [4.78, 5) is 16.2. The molecule has 0 unspecified atom stereocenters. The van der Waals surface area contributed by atoms with E-state index in [1.807, 2.05) is 0 Å². The van der Waals surface area contributed by atoms with E-state index in [4.69, 9.17) is 15.3 Å². The summed E-state index contributed by atoms with van der Waals surface area (Å²) in [5.74, 6) is -0.497. The highest BCUT2D eigenvalue weighted by Gasteiger charge is 2.08. The average Bonchev–Trinajstić information content (AvgIpc) is 2.29. The zero-order chi connectivity index (χ0) is 12.0. The van der Waals surface area contributed by atoms with Crippen molar-refractivity contribution in [3.8, 4) is 0 Å². The summed E-state index contributed by atoms with van der Waals surface area (Å²) < 4.78 is 0. The third-order valence-corrected chi connectivity index (χ3v) is 2.06. The van der Waals surface area contributed by atoms with E-state index in [1.165, 1.54) is 12.3 Å². The summed E-state index contributed by atoms with van der Waals surface area (Å²) in [6, 6.07) is 2.99. The van der Waals surface area contributed by atoms with Gasteiger partial charge in [-0.15, -0.1) is 0 Å². The molecule has 0 amide bonds. The number of aromatic carboxylic acids is 1. The van der Waals surface area contributed by atoms with Gasteiger partial charge in [0.1, 0.15) is 5.82 Å². The van der Waals surface area contributed by atoms with Gasteiger partial charge in [0.25, 0.3) is 0 Å². The van der Waals surface area contributed by atoms with Crippen LogP contribution in [-0.2, 0) is 0 Å². The van der Waals surface area contributed by atoms with Crippen LogP contribution in [-0.4, -0.2) is 52.6 Å². The van der Waals surface area contributed by atoms with E-state index in [1.54, 1.807) is 11.0 Å². The predicted octanol–water partition coefficient (Wildman–Crippen LogP) is -0.429. The Hall–Kier alpha value is -1.66. The van der Waals surface area contributed by atoms with Crippen molar-refractivity contribution in [3.63, 3.8) is 0 Å². The molecule has 0 aliphatic carbocycles. The SMILES string of the molecule is O=C(O)c1ccc(N(CCO)CCO)nc1. The van der Waals surface area contributed by atoms with Gasteiger partial charge in [-0.2, -0.15) is 0 Å². The quantitative estimate of drug-likeness (QED) is 0.609. The maximum atomic E-state index is 10.6. The van der Waals surface area contributed by atoms with Gasteiger partial charge in [0.2, 0.25) is 0 Å². The number of carboxylic acid groups (broad SMARTS) is 1. The first-order chi connectivity index (χ1) is 7.69. The minimum Gasteiger partial charge on any atom is -0.478 e. The van der Waals surface area contributed by atoms with Crippen molar-refractivity contribution in [2.24, 2.45) is 0 Å². The van der Waals surface area contributed by atoms with E-state index >= 15 is 0 Å². The number of aliphatic hydroxyl groups excluding tert-OH is 2. The lowest BCUT2D eigenvalue weighted by atomic mass is 10.3. The average molecular weight is 226 g/mol. The zero-order valence-corrected chi connectivity index (χ0v) is 8.70. The van der Waals surface area contributed by atoms with Gasteiger partial charge < -0.3 is 20.2 Å². The van der Waals surface area contributed by atoms with Crippen molar-refractivity contribution in [1.82, 2.24) is 4.98 Å². The van der Waals surface area contributed by atoms with Crippen LogP contribution in [0.15, 0.2) is 18.3 Å². The van der Waals surface area contributed by atoms with Crippen molar-refractivity contribution in [2.75, 3.05) is 31.2 Å². The van der Waals surface area contributed by atoms with Crippen LogP contribution in [0.3, 0.4) is 0 Å². The van der Waals surface area contributed by atoms with Crippen LogP contribution in [0.4, 0.5) is 5.82 Å². The minimum absolute atomic E-state index is 0.0532. The number of carbonyl (C=O) groups is 1. The molecule has 1 aromatic rings. The van der Waals surface area contributed by atoms with Crippen LogP contribution in [0.1, 0.15) is 10.4 Å². The van der Waals surface area contributed by atoms with Gasteiger partial charge in [0.05, 0.1) is 18.8 Å². The lowest BCUT2D eigenvalue weighted by Gasteiger charge is -2.21. The van der Waals surface area contributed by atoms with E-state index in [2.05, 4.69) is 4.98 Å². The number of aromatic nitrogens is 1. The number of pyridine rings is 1. The highest BCUT2D eigenvalue weighted by atomic mass is 16.4. The van der Waals surface area contributed by atoms with Crippen LogP contribution in [0.5, 0.6) is 0 Å². The largest absolute Gasteiger partial charge is 0.478 e. The molecule has 0 spiro atoms. The Morgan fingerprint density at radius 3 is 2.25 bits per heavy atom. The summed E-state index contributed by atoms with van der Waals surface area (Å²) in [5, 5.41) is 26.3. The second-order valence-electron chi connectivity index (χ2n) is 3.14. The van der Waals surface area contributed by atoms with Crippen LogP contribution in [0.2, 0.25) is 0 Å². The zero-order valence-electron chi connectivity index (χ0n) is 8.70. The first-order valence-electron chi connectivity index (χ1n) is 4.85. The lowest BCUT2D eigenvalue weighted by molar-refractivity contribution is 0.0696. The van der Waals surface area contributed by atoms with Crippen LogP contribution >= 0.6 is 0 Å². The Kier molecular flexibility index (Phi) is 4.68. The Morgan fingerprint density at radius 1 is 1.25 bits per heavy atom. The van der Waals surface area contributed by atoms with Gasteiger partial charge in [0.15, 0.2) is 0 Å². The van der Waals surface area contributed by atoms with Gasteiger partial charge in [-0.1, -0.05) is 0 Å². The van der Waals surface area contributed by atoms with E-state index in [0.717, 1.165) is 0 Å². The van der Waals surface area contributed by atoms with E-state index in [-0.39, 0.29) is 18.8 Å². The molecular weight excluding hydrogens is 212 g/mol. The van der Waals surface area contributed by atoms with E-state index in [9.17, 15) is 4.79 Å². The second kappa shape index (κ2) is 6.04. The van der Waals surface area contributed by atoms with Gasteiger partial charge in [0, 0.05) is 19.3 Å². The molecule has 0 bridgehead atoms. The number of carboxylic acids is 1. The summed E-state index contributed by atoms with van der Waals surface area (Å²) in [6.07, 6.45) is 1.25. The molecule has 0 atom stereocenters. The van der Waals surface area contributed by atoms with Gasteiger partial charge >= 0.3 is 5.97 Å². The number of hydrogen-bond donors (Lipinski definition) is 3. The topological polar surface area (TPSA) is 93.9 Å². The Morgan fingerprint density at radius 2 is 1.88 bits per heavy atom. The molecule has 0 saturated heterocycles. The first-order valence-corrected chi connectivity index (χ1v) is 4.85. The third kappa shape index (κ3) is 3.18. The van der Waals surface area contributed by atoms with Crippen LogP contribution in [0, 0.1) is 0 Å². The van der Waals surface area contributed by atoms with Crippen molar-refractivity contribution < 1.29 is 20.1 Å². The number of hydrogen-bond acceptors (Lipinski definition) is 5. The minimum atomic E-state index is -1.03. The lowest BCUT2D eigenvalue weighted by Crippen LogP contribution is -2.30. The first kappa shape index (κ1) is 12.4. The fourth-order valence-electron chi connectivity index (χ4n) is 1.28. The standard InChI is InChI=1S/C10H14N2O4/c13-5-3-12(4-6-14)9-2-1-8(7-11-9)10(15)16/h1-2,7,13-14H,3-6H2,(H,15,16). The molecule has 0 fully saturated rings. The Bertz CT molecular complexity index is 333. The highest BCUT2D eigenvalue weighted by molar-refractivity contribution is 5.87. The fourth-order valence-corrected chi connectivity index (χ4v) is 1.28. The number of rotatable bonds is 6. The number of anilines is 1. The molecule has 16 heavy (non-hydrogen) atoms. The molecule has 1 rings (SSSR count). The third-order valence-electron chi connectivity index (χ3n) is 2.06. The second-order valence-corrected chi connectivity index (χ2v) is 3.14. The predicted molar refractivity (Wildman–Crippen MR) is 57.6 cm³/mol. The molecular formula is C10H14N2O4. The molecule has 0 saturated carbocycles. The summed E-state index contributed by atoms with van der Waals surface area (Å²) in [7, 11) is 0. The van der Waals surface area contributed by atoms with Crippen molar-refractivity contribution in [3.05, 3.63) is 23.9 Å². The molecule has 0 aliphatic heterocycles. The van der Waals surface area contributed by atoms with Gasteiger partial charge in [-0.25, -0.2) is 9.78 Å². The van der Waals surface area contributed by atoms with Gasteiger partial charge in [-0.3, -0.25) is 0 Å². The van der Waals surface area contributed by atoms with Crippen LogP contribution < -0.4 is 4.90 Å². The molecule has 1 heterocycles. The Balaban J connectivity index is 2.80. The van der Waals surface area contributed by atoms with Crippen LogP contribution in [0.25, 0.3) is 0 Å². The maximum absolute atomic E-state index is 10.6. The number of aliphatic hydroxyl groups is 2. The highest BCUT2D eigenvalue weighted by Crippen LogP contribution is 2.10. The van der Waals surface area contributed by atoms with Gasteiger partial charge in [-0.05, 0) is 12.1 Å². The summed E-state index contributed by atoms with van der Waals surface area (Å²) in [5.41, 5.74) is 0.108.